The number of ether oxygens (including phenoxy) is 1. The highest BCUT2D eigenvalue weighted by atomic mass is 16.5. The Morgan fingerprint density at radius 1 is 1.64 bits per heavy atom. The number of allylic oxidation sites excluding steroid dienone is 1. The van der Waals surface area contributed by atoms with E-state index in [4.69, 9.17) is 4.74 Å². The van der Waals surface area contributed by atoms with Crippen LogP contribution in [0.25, 0.3) is 0 Å². The lowest BCUT2D eigenvalue weighted by atomic mass is 9.76. The number of hydrogen-bond donors (Lipinski definition) is 1. The maximum atomic E-state index is 11.3. The molecule has 1 aliphatic carbocycles. The number of carboxylic acid groups (broad SMARTS) is 1. The van der Waals surface area contributed by atoms with Gasteiger partial charge < -0.3 is 9.84 Å². The second-order valence-corrected chi connectivity index (χ2v) is 4.33. The van der Waals surface area contributed by atoms with Crippen LogP contribution in [0, 0.1) is 11.3 Å². The monoisotopic (exact) mass is 196 g/mol. The lowest BCUT2D eigenvalue weighted by Crippen LogP contribution is -2.39. The van der Waals surface area contributed by atoms with Crippen molar-refractivity contribution in [3.05, 3.63) is 12.7 Å². The first-order valence-electron chi connectivity index (χ1n) is 5.16. The zero-order valence-electron chi connectivity index (χ0n) is 8.24. The molecule has 3 heteroatoms. The van der Waals surface area contributed by atoms with Crippen molar-refractivity contribution in [2.24, 2.45) is 11.3 Å². The molecule has 1 saturated carbocycles. The van der Waals surface area contributed by atoms with Crippen molar-refractivity contribution < 1.29 is 14.6 Å². The van der Waals surface area contributed by atoms with Gasteiger partial charge in [0.2, 0.25) is 0 Å². The smallest absolute Gasteiger partial charge is 0.312 e. The average Bonchev–Trinajstić information content (AvgIpc) is 2.89. The summed E-state index contributed by atoms with van der Waals surface area (Å²) in [5.41, 5.74) is -0.678. The number of carboxylic acids is 1. The summed E-state index contributed by atoms with van der Waals surface area (Å²) in [6.45, 7) is 4.23. The van der Waals surface area contributed by atoms with Crippen LogP contribution in [0.5, 0.6) is 0 Å². The molecule has 2 aliphatic rings. The molecule has 78 valence electrons. The molecule has 2 atom stereocenters. The highest BCUT2D eigenvalue weighted by Crippen LogP contribution is 2.49. The van der Waals surface area contributed by atoms with Crippen LogP contribution in [0.2, 0.25) is 0 Å². The van der Waals surface area contributed by atoms with E-state index in [0.717, 1.165) is 12.8 Å². The molecule has 1 saturated heterocycles. The zero-order valence-corrected chi connectivity index (χ0v) is 8.24. The van der Waals surface area contributed by atoms with Gasteiger partial charge in [-0.2, -0.15) is 0 Å². The molecule has 2 unspecified atom stereocenters. The van der Waals surface area contributed by atoms with Gasteiger partial charge in [-0.15, -0.1) is 6.58 Å². The molecule has 0 radical (unpaired) electrons. The molecule has 3 nitrogen and oxygen atoms in total. The summed E-state index contributed by atoms with van der Waals surface area (Å²) < 4.78 is 5.58. The van der Waals surface area contributed by atoms with Crippen molar-refractivity contribution in [3.63, 3.8) is 0 Å². The van der Waals surface area contributed by atoms with Crippen molar-refractivity contribution in [2.75, 3.05) is 6.61 Å². The fraction of sp³-hybridized carbons (Fsp3) is 0.727. The van der Waals surface area contributed by atoms with E-state index in [0.29, 0.717) is 25.4 Å². The normalized spacial score (nSPS) is 37.0. The molecule has 14 heavy (non-hydrogen) atoms. The van der Waals surface area contributed by atoms with Gasteiger partial charge in [-0.3, -0.25) is 4.79 Å². The lowest BCUT2D eigenvalue weighted by Gasteiger charge is -2.28. The summed E-state index contributed by atoms with van der Waals surface area (Å²) in [5.74, 6) is -0.236. The van der Waals surface area contributed by atoms with Crippen molar-refractivity contribution in [2.45, 2.75) is 31.8 Å². The van der Waals surface area contributed by atoms with Gasteiger partial charge in [0.1, 0.15) is 0 Å². The van der Waals surface area contributed by atoms with Gasteiger partial charge >= 0.3 is 5.97 Å². The Hall–Kier alpha value is -0.830. The summed E-state index contributed by atoms with van der Waals surface area (Å²) >= 11 is 0. The Morgan fingerprint density at radius 3 is 2.86 bits per heavy atom. The van der Waals surface area contributed by atoms with Crippen LogP contribution in [-0.2, 0) is 9.53 Å². The summed E-state index contributed by atoms with van der Waals surface area (Å²) in [5, 5.41) is 9.31. The van der Waals surface area contributed by atoms with Crippen LogP contribution in [0.3, 0.4) is 0 Å². The summed E-state index contributed by atoms with van der Waals surface area (Å²) in [4.78, 5) is 11.3. The van der Waals surface area contributed by atoms with E-state index < -0.39 is 11.4 Å². The zero-order chi connectivity index (χ0) is 10.2. The minimum atomic E-state index is -0.716. The van der Waals surface area contributed by atoms with Gasteiger partial charge in [0.25, 0.3) is 0 Å². The molecule has 1 N–H and O–H groups in total. The molecule has 1 heterocycles. The average molecular weight is 196 g/mol. The first-order chi connectivity index (χ1) is 6.70. The maximum Gasteiger partial charge on any atom is 0.312 e. The Bertz CT molecular complexity index is 257. The molecule has 2 rings (SSSR count). The molecule has 0 spiro atoms. The van der Waals surface area contributed by atoms with E-state index in [1.165, 1.54) is 0 Å². The van der Waals surface area contributed by atoms with E-state index in [1.807, 2.05) is 0 Å². The fourth-order valence-electron chi connectivity index (χ4n) is 2.45. The Morgan fingerprint density at radius 2 is 2.36 bits per heavy atom. The fourth-order valence-corrected chi connectivity index (χ4v) is 2.45. The predicted molar refractivity (Wildman–Crippen MR) is 52.0 cm³/mol. The topological polar surface area (TPSA) is 46.5 Å². The van der Waals surface area contributed by atoms with E-state index in [1.54, 1.807) is 6.08 Å². The maximum absolute atomic E-state index is 11.3. The Balaban J connectivity index is 2.21. The first kappa shape index (κ1) is 9.71. The number of hydrogen-bond acceptors (Lipinski definition) is 2. The minimum Gasteiger partial charge on any atom is -0.481 e. The van der Waals surface area contributed by atoms with E-state index in [-0.39, 0.29) is 6.10 Å². The summed E-state index contributed by atoms with van der Waals surface area (Å²) in [6, 6.07) is 0. The summed E-state index contributed by atoms with van der Waals surface area (Å²) in [6.07, 6.45) is 5.04. The molecule has 1 aliphatic heterocycles. The van der Waals surface area contributed by atoms with Gasteiger partial charge in [0.05, 0.1) is 11.5 Å². The third-order valence-corrected chi connectivity index (χ3v) is 3.37. The highest BCUT2D eigenvalue weighted by Gasteiger charge is 2.55. The molecule has 0 amide bonds. The van der Waals surface area contributed by atoms with Gasteiger partial charge in [-0.25, -0.2) is 0 Å². The lowest BCUT2D eigenvalue weighted by molar-refractivity contribution is -0.153. The third kappa shape index (κ3) is 1.36. The van der Waals surface area contributed by atoms with E-state index >= 15 is 0 Å². The molecule has 0 bridgehead atoms. The van der Waals surface area contributed by atoms with Crippen molar-refractivity contribution in [3.8, 4) is 0 Å². The van der Waals surface area contributed by atoms with Crippen molar-refractivity contribution >= 4 is 5.97 Å². The SMILES string of the molecule is C=CCC1(C(=O)O)CCOC1C1CC1. The predicted octanol–water partition coefficient (Wildman–Crippen LogP) is 1.83. The highest BCUT2D eigenvalue weighted by molar-refractivity contribution is 5.76. The van der Waals surface area contributed by atoms with Crippen LogP contribution in [0.4, 0.5) is 0 Å². The van der Waals surface area contributed by atoms with Gasteiger partial charge in [0.15, 0.2) is 0 Å². The van der Waals surface area contributed by atoms with Crippen molar-refractivity contribution in [1.82, 2.24) is 0 Å². The van der Waals surface area contributed by atoms with Crippen LogP contribution in [-0.4, -0.2) is 23.8 Å². The molecule has 0 aromatic carbocycles. The van der Waals surface area contributed by atoms with Crippen molar-refractivity contribution in [1.29, 1.82) is 0 Å². The second-order valence-electron chi connectivity index (χ2n) is 4.33. The molecule has 0 aromatic rings. The third-order valence-electron chi connectivity index (χ3n) is 3.37. The largest absolute Gasteiger partial charge is 0.481 e. The Kier molecular flexibility index (Phi) is 2.35. The minimum absolute atomic E-state index is 0.0713. The Labute approximate surface area is 83.8 Å². The van der Waals surface area contributed by atoms with Gasteiger partial charge in [-0.05, 0) is 31.6 Å². The van der Waals surface area contributed by atoms with E-state index in [2.05, 4.69) is 6.58 Å². The number of carbonyl (C=O) groups is 1. The number of aliphatic carboxylic acids is 1. The van der Waals surface area contributed by atoms with Gasteiger partial charge in [0, 0.05) is 6.61 Å². The van der Waals surface area contributed by atoms with Crippen LogP contribution >= 0.6 is 0 Å². The molecular formula is C11H16O3. The quantitative estimate of drug-likeness (QED) is 0.698. The molecule has 2 fully saturated rings. The second kappa shape index (κ2) is 3.39. The summed E-state index contributed by atoms with van der Waals surface area (Å²) in [7, 11) is 0. The standard InChI is InChI=1S/C11H16O3/c1-2-5-11(10(12)13)6-7-14-9(11)8-3-4-8/h2,8-9H,1,3-7H2,(H,12,13). The van der Waals surface area contributed by atoms with Crippen LogP contribution in [0.15, 0.2) is 12.7 Å². The number of rotatable bonds is 4. The van der Waals surface area contributed by atoms with E-state index in [9.17, 15) is 9.90 Å². The first-order valence-corrected chi connectivity index (χ1v) is 5.16. The van der Waals surface area contributed by atoms with Crippen LogP contribution in [0.1, 0.15) is 25.7 Å². The molecule has 0 aromatic heterocycles. The molecular weight excluding hydrogens is 180 g/mol. The van der Waals surface area contributed by atoms with Gasteiger partial charge in [-0.1, -0.05) is 6.08 Å². The van der Waals surface area contributed by atoms with Crippen LogP contribution < -0.4 is 0 Å².